The first-order chi connectivity index (χ1) is 5.31. The van der Waals surface area contributed by atoms with Gasteiger partial charge in [0, 0.05) is 0 Å². The molecule has 2 rings (SSSR count). The number of aromatic nitrogens is 1. The summed E-state index contributed by atoms with van der Waals surface area (Å²) in [6.07, 6.45) is 4.39. The third kappa shape index (κ3) is 0.894. The lowest BCUT2D eigenvalue weighted by atomic mass is 10.2. The number of nitrogens with one attached hydrogen (secondary N) is 1. The quantitative estimate of drug-likeness (QED) is 0.634. The molecule has 5 heteroatoms. The van der Waals surface area contributed by atoms with Crippen LogP contribution in [0.4, 0.5) is 0 Å². The molecular formula is C6H7N3O2. The Hall–Kier alpha value is -1.36. The first-order valence-corrected chi connectivity index (χ1v) is 3.18. The van der Waals surface area contributed by atoms with E-state index in [-0.39, 0.29) is 0 Å². The zero-order valence-corrected chi connectivity index (χ0v) is 5.94. The molecule has 1 atom stereocenters. The van der Waals surface area contributed by atoms with Crippen LogP contribution in [0.2, 0.25) is 0 Å². The molecule has 0 bridgehead atoms. The van der Waals surface area contributed by atoms with E-state index in [1.807, 2.05) is 6.92 Å². The van der Waals surface area contributed by atoms with Crippen LogP contribution in [0.5, 0.6) is 0 Å². The number of hydrogen-bond acceptors (Lipinski definition) is 5. The van der Waals surface area contributed by atoms with E-state index in [1.165, 1.54) is 12.7 Å². The third-order valence-corrected chi connectivity index (χ3v) is 1.47. The summed E-state index contributed by atoms with van der Waals surface area (Å²) < 4.78 is 5.05. The van der Waals surface area contributed by atoms with Gasteiger partial charge in [-0.15, -0.1) is 5.48 Å². The summed E-state index contributed by atoms with van der Waals surface area (Å²) in [6.45, 7) is 1.81. The molecule has 11 heavy (non-hydrogen) atoms. The number of oxazole rings is 1. The number of aliphatic imine (C=N–C) groups is 1. The van der Waals surface area contributed by atoms with E-state index >= 15 is 0 Å². The van der Waals surface area contributed by atoms with E-state index in [4.69, 9.17) is 9.25 Å². The molecular weight excluding hydrogens is 146 g/mol. The molecule has 1 aliphatic rings. The third-order valence-electron chi connectivity index (χ3n) is 1.47. The van der Waals surface area contributed by atoms with Crippen LogP contribution in [0.15, 0.2) is 21.9 Å². The fourth-order valence-corrected chi connectivity index (χ4v) is 0.862. The average molecular weight is 153 g/mol. The second kappa shape index (κ2) is 2.06. The van der Waals surface area contributed by atoms with Crippen LogP contribution < -0.4 is 5.48 Å². The molecule has 0 saturated carbocycles. The van der Waals surface area contributed by atoms with Gasteiger partial charge in [0.25, 0.3) is 0 Å². The van der Waals surface area contributed by atoms with Crippen molar-refractivity contribution in [1.82, 2.24) is 10.5 Å². The highest BCUT2D eigenvalue weighted by Crippen LogP contribution is 2.22. The van der Waals surface area contributed by atoms with Gasteiger partial charge in [0.1, 0.15) is 6.26 Å². The fraction of sp³-hybridized carbons (Fsp3) is 0.333. The van der Waals surface area contributed by atoms with Crippen molar-refractivity contribution in [2.45, 2.75) is 12.6 Å². The lowest BCUT2D eigenvalue weighted by Crippen LogP contribution is -2.32. The van der Waals surface area contributed by atoms with E-state index < -0.39 is 5.66 Å². The van der Waals surface area contributed by atoms with E-state index in [0.717, 1.165) is 0 Å². The molecule has 0 aliphatic carbocycles. The van der Waals surface area contributed by atoms with Gasteiger partial charge in [-0.05, 0) is 6.92 Å². The Morgan fingerprint density at radius 2 is 2.55 bits per heavy atom. The molecule has 0 fully saturated rings. The van der Waals surface area contributed by atoms with E-state index in [2.05, 4.69) is 15.5 Å². The van der Waals surface area contributed by atoms with Gasteiger partial charge in [0.05, 0.1) is 6.20 Å². The number of hydroxylamine groups is 1. The molecule has 0 saturated heterocycles. The van der Waals surface area contributed by atoms with E-state index in [9.17, 15) is 0 Å². The Balaban J connectivity index is 2.35. The van der Waals surface area contributed by atoms with Gasteiger partial charge in [-0.2, -0.15) is 0 Å². The zero-order chi connectivity index (χ0) is 7.73. The topological polar surface area (TPSA) is 59.7 Å². The maximum atomic E-state index is 5.05. The summed E-state index contributed by atoms with van der Waals surface area (Å²) >= 11 is 0. The van der Waals surface area contributed by atoms with Crippen molar-refractivity contribution < 1.29 is 9.25 Å². The first kappa shape index (κ1) is 6.36. The summed E-state index contributed by atoms with van der Waals surface area (Å²) in [4.78, 5) is 12.7. The molecule has 0 radical (unpaired) electrons. The molecule has 0 spiro atoms. The summed E-state index contributed by atoms with van der Waals surface area (Å²) in [5, 5.41) is 0. The monoisotopic (exact) mass is 153 g/mol. The Bertz CT molecular complexity index is 269. The minimum absolute atomic E-state index is 0.492. The van der Waals surface area contributed by atoms with Crippen molar-refractivity contribution in [2.75, 3.05) is 0 Å². The van der Waals surface area contributed by atoms with Crippen LogP contribution in [0.1, 0.15) is 12.8 Å². The normalized spacial score (nSPS) is 28.8. The minimum Gasteiger partial charge on any atom is -0.445 e. The van der Waals surface area contributed by atoms with Gasteiger partial charge in [-0.1, -0.05) is 0 Å². The molecule has 1 unspecified atom stereocenters. The molecule has 58 valence electrons. The second-order valence-electron chi connectivity index (χ2n) is 2.36. The fourth-order valence-electron chi connectivity index (χ4n) is 0.862. The van der Waals surface area contributed by atoms with Gasteiger partial charge in [-0.25, -0.2) is 9.98 Å². The molecule has 5 nitrogen and oxygen atoms in total. The number of nitrogens with zero attached hydrogens (tertiary/aromatic N) is 2. The zero-order valence-electron chi connectivity index (χ0n) is 5.94. The molecule has 0 amide bonds. The molecule has 1 aromatic rings. The Kier molecular flexibility index (Phi) is 1.19. The highest BCUT2D eigenvalue weighted by atomic mass is 16.7. The molecule has 0 aromatic carbocycles. The maximum Gasteiger partial charge on any atom is 0.240 e. The van der Waals surface area contributed by atoms with Crippen molar-refractivity contribution >= 4 is 6.40 Å². The Morgan fingerprint density at radius 1 is 1.64 bits per heavy atom. The smallest absolute Gasteiger partial charge is 0.240 e. The second-order valence-corrected chi connectivity index (χ2v) is 2.36. The van der Waals surface area contributed by atoms with Crippen molar-refractivity contribution in [1.29, 1.82) is 0 Å². The molecule has 2 heterocycles. The van der Waals surface area contributed by atoms with E-state index in [1.54, 1.807) is 6.20 Å². The molecule has 1 aliphatic heterocycles. The Labute approximate surface area is 63.0 Å². The Morgan fingerprint density at radius 3 is 3.09 bits per heavy atom. The van der Waals surface area contributed by atoms with Crippen LogP contribution >= 0.6 is 0 Å². The summed E-state index contributed by atoms with van der Waals surface area (Å²) in [5.41, 5.74) is 1.99. The highest BCUT2D eigenvalue weighted by molar-refractivity contribution is 5.49. The van der Waals surface area contributed by atoms with Gasteiger partial charge < -0.3 is 9.25 Å². The van der Waals surface area contributed by atoms with Gasteiger partial charge in [0.2, 0.25) is 11.6 Å². The maximum absolute atomic E-state index is 5.05. The average Bonchev–Trinajstić information content (AvgIpc) is 2.55. The predicted molar refractivity (Wildman–Crippen MR) is 36.6 cm³/mol. The van der Waals surface area contributed by atoms with Crippen LogP contribution in [0.25, 0.3) is 0 Å². The molecule has 1 N–H and O–H groups in total. The predicted octanol–water partition coefficient (Wildman–Crippen LogP) is 0.410. The minimum atomic E-state index is -0.663. The summed E-state index contributed by atoms with van der Waals surface area (Å²) in [7, 11) is 0. The van der Waals surface area contributed by atoms with Crippen molar-refractivity contribution in [2.24, 2.45) is 4.99 Å². The van der Waals surface area contributed by atoms with Crippen molar-refractivity contribution in [3.8, 4) is 0 Å². The summed E-state index contributed by atoms with van der Waals surface area (Å²) in [6, 6.07) is 0. The number of rotatable bonds is 1. The SMILES string of the molecule is CC1(c2ncco2)N=CON1. The van der Waals surface area contributed by atoms with Crippen LogP contribution in [-0.4, -0.2) is 11.4 Å². The number of hydrogen-bond donors (Lipinski definition) is 1. The van der Waals surface area contributed by atoms with Gasteiger partial charge >= 0.3 is 0 Å². The lowest BCUT2D eigenvalue weighted by molar-refractivity contribution is 0.115. The standard InChI is InChI=1S/C6H7N3O2/c1-6(8-4-11-9-6)5-7-2-3-10-5/h2-4,9H,1H3. The van der Waals surface area contributed by atoms with Crippen LogP contribution in [-0.2, 0) is 10.5 Å². The van der Waals surface area contributed by atoms with Crippen LogP contribution in [0, 0.1) is 0 Å². The van der Waals surface area contributed by atoms with Gasteiger partial charge in [-0.3, -0.25) is 0 Å². The van der Waals surface area contributed by atoms with Gasteiger partial charge in [0.15, 0.2) is 6.40 Å². The largest absolute Gasteiger partial charge is 0.445 e. The molecule has 1 aromatic heterocycles. The highest BCUT2D eigenvalue weighted by Gasteiger charge is 2.33. The van der Waals surface area contributed by atoms with Crippen LogP contribution in [0.3, 0.4) is 0 Å². The lowest BCUT2D eigenvalue weighted by Gasteiger charge is -2.13. The summed E-state index contributed by atoms with van der Waals surface area (Å²) in [5.74, 6) is 0.492. The first-order valence-electron chi connectivity index (χ1n) is 3.18. The van der Waals surface area contributed by atoms with E-state index in [0.29, 0.717) is 5.89 Å². The van der Waals surface area contributed by atoms with Crippen molar-refractivity contribution in [3.05, 3.63) is 18.4 Å². The van der Waals surface area contributed by atoms with Crippen molar-refractivity contribution in [3.63, 3.8) is 0 Å².